The molecule has 0 saturated carbocycles. The summed E-state index contributed by atoms with van der Waals surface area (Å²) in [6.45, 7) is 3.84. The van der Waals surface area contributed by atoms with Crippen molar-refractivity contribution in [3.8, 4) is 17.0 Å². The van der Waals surface area contributed by atoms with Crippen LogP contribution in [0.25, 0.3) is 11.3 Å². The molecule has 142 valence electrons. The number of hydrogen-bond donors (Lipinski definition) is 1. The number of thiazole rings is 1. The Balaban J connectivity index is 1.47. The minimum atomic E-state index is -0.152. The highest BCUT2D eigenvalue weighted by Crippen LogP contribution is 2.31. The number of hydrogen-bond acceptors (Lipinski definition) is 5. The van der Waals surface area contributed by atoms with E-state index >= 15 is 0 Å². The van der Waals surface area contributed by atoms with E-state index in [1.54, 1.807) is 7.11 Å². The summed E-state index contributed by atoms with van der Waals surface area (Å²) in [6.07, 6.45) is 4.29. The SMILES string of the molecule is COc1ccc(-c2nc(NC(=O)c3ccc(N4CC=CC4)cc3)sc2C)cc1. The molecule has 0 radical (unpaired) electrons. The number of carbonyl (C=O) groups excluding carboxylic acids is 1. The van der Waals surface area contributed by atoms with Crippen LogP contribution in [0, 0.1) is 6.92 Å². The fraction of sp³-hybridized carbons (Fsp3) is 0.182. The van der Waals surface area contributed by atoms with E-state index in [2.05, 4.69) is 27.4 Å². The number of aromatic nitrogens is 1. The highest BCUT2D eigenvalue weighted by Gasteiger charge is 2.14. The lowest BCUT2D eigenvalue weighted by Gasteiger charge is -2.17. The third-order valence-electron chi connectivity index (χ3n) is 4.69. The highest BCUT2D eigenvalue weighted by atomic mass is 32.1. The number of rotatable bonds is 5. The molecule has 0 aliphatic carbocycles. The maximum absolute atomic E-state index is 12.6. The van der Waals surface area contributed by atoms with E-state index < -0.39 is 0 Å². The van der Waals surface area contributed by atoms with E-state index in [0.29, 0.717) is 10.7 Å². The Labute approximate surface area is 168 Å². The molecular formula is C22H21N3O2S. The molecule has 4 rings (SSSR count). The minimum absolute atomic E-state index is 0.152. The van der Waals surface area contributed by atoms with Crippen molar-refractivity contribution < 1.29 is 9.53 Å². The van der Waals surface area contributed by atoms with Crippen LogP contribution in [0.1, 0.15) is 15.2 Å². The Morgan fingerprint density at radius 2 is 1.75 bits per heavy atom. The van der Waals surface area contributed by atoms with Gasteiger partial charge in [-0.1, -0.05) is 12.2 Å². The van der Waals surface area contributed by atoms with Gasteiger partial charge in [-0.2, -0.15) is 0 Å². The molecule has 0 fully saturated rings. The average molecular weight is 391 g/mol. The zero-order valence-electron chi connectivity index (χ0n) is 15.8. The van der Waals surface area contributed by atoms with Gasteiger partial charge in [0.2, 0.25) is 0 Å². The predicted molar refractivity (Wildman–Crippen MR) is 115 cm³/mol. The van der Waals surface area contributed by atoms with Crippen molar-refractivity contribution in [2.75, 3.05) is 30.4 Å². The Hall–Kier alpha value is -3.12. The van der Waals surface area contributed by atoms with Gasteiger partial charge in [0, 0.05) is 34.8 Å². The van der Waals surface area contributed by atoms with Gasteiger partial charge in [-0.25, -0.2) is 4.98 Å². The van der Waals surface area contributed by atoms with E-state index in [9.17, 15) is 4.79 Å². The molecule has 3 aromatic rings. The summed E-state index contributed by atoms with van der Waals surface area (Å²) >= 11 is 1.47. The number of aryl methyl sites for hydroxylation is 1. The van der Waals surface area contributed by atoms with E-state index in [4.69, 9.17) is 4.74 Å². The molecule has 6 heteroatoms. The summed E-state index contributed by atoms with van der Waals surface area (Å²) in [5.74, 6) is 0.652. The average Bonchev–Trinajstić information content (AvgIpc) is 3.38. The number of benzene rings is 2. The van der Waals surface area contributed by atoms with Gasteiger partial charge in [-0.3, -0.25) is 10.1 Å². The van der Waals surface area contributed by atoms with Gasteiger partial charge >= 0.3 is 0 Å². The van der Waals surface area contributed by atoms with Crippen LogP contribution in [0.4, 0.5) is 10.8 Å². The number of methoxy groups -OCH3 is 1. The van der Waals surface area contributed by atoms with Crippen LogP contribution in [-0.4, -0.2) is 31.1 Å². The lowest BCUT2D eigenvalue weighted by molar-refractivity contribution is 0.102. The molecule has 1 aliphatic rings. The smallest absolute Gasteiger partial charge is 0.257 e. The first kappa shape index (κ1) is 18.3. The molecule has 1 aliphatic heterocycles. The molecular weight excluding hydrogens is 370 g/mol. The maximum atomic E-state index is 12.6. The normalized spacial score (nSPS) is 13.0. The second-order valence-electron chi connectivity index (χ2n) is 6.53. The second-order valence-corrected chi connectivity index (χ2v) is 7.73. The van der Waals surface area contributed by atoms with Gasteiger partial charge < -0.3 is 9.64 Å². The van der Waals surface area contributed by atoms with E-state index in [-0.39, 0.29) is 5.91 Å². The van der Waals surface area contributed by atoms with Crippen LogP contribution in [0.15, 0.2) is 60.7 Å². The summed E-state index contributed by atoms with van der Waals surface area (Å²) in [5, 5.41) is 3.52. The summed E-state index contributed by atoms with van der Waals surface area (Å²) in [7, 11) is 1.64. The number of nitrogens with zero attached hydrogens (tertiary/aromatic N) is 2. The molecule has 5 nitrogen and oxygen atoms in total. The van der Waals surface area contributed by atoms with Crippen molar-refractivity contribution in [1.82, 2.24) is 4.98 Å². The van der Waals surface area contributed by atoms with Crippen LogP contribution in [-0.2, 0) is 0 Å². The molecule has 0 atom stereocenters. The van der Waals surface area contributed by atoms with Crippen molar-refractivity contribution in [2.24, 2.45) is 0 Å². The van der Waals surface area contributed by atoms with Gasteiger partial charge in [0.05, 0.1) is 12.8 Å². The fourth-order valence-electron chi connectivity index (χ4n) is 3.15. The number of anilines is 2. The molecule has 0 unspecified atom stereocenters. The first-order valence-corrected chi connectivity index (χ1v) is 9.89. The third kappa shape index (κ3) is 3.77. The quantitative estimate of drug-likeness (QED) is 0.638. The Bertz CT molecular complexity index is 999. The van der Waals surface area contributed by atoms with E-state index in [1.807, 2.05) is 55.5 Å². The van der Waals surface area contributed by atoms with Gasteiger partial charge in [0.25, 0.3) is 5.91 Å². The third-order valence-corrected chi connectivity index (χ3v) is 5.58. The molecule has 0 saturated heterocycles. The summed E-state index contributed by atoms with van der Waals surface area (Å²) in [5.41, 5.74) is 3.61. The molecule has 28 heavy (non-hydrogen) atoms. The first-order valence-electron chi connectivity index (χ1n) is 9.07. The largest absolute Gasteiger partial charge is 0.497 e. The fourth-order valence-corrected chi connectivity index (χ4v) is 3.98. The Morgan fingerprint density at radius 3 is 2.39 bits per heavy atom. The van der Waals surface area contributed by atoms with Gasteiger partial charge in [0.1, 0.15) is 5.75 Å². The molecule has 1 aromatic heterocycles. The predicted octanol–water partition coefficient (Wildman–Crippen LogP) is 4.76. The lowest BCUT2D eigenvalue weighted by atomic mass is 10.1. The topological polar surface area (TPSA) is 54.5 Å². The van der Waals surface area contributed by atoms with Crippen molar-refractivity contribution >= 4 is 28.1 Å². The molecule has 0 bridgehead atoms. The van der Waals surface area contributed by atoms with Gasteiger partial charge in [-0.05, 0) is 55.5 Å². The second kappa shape index (κ2) is 7.86. The van der Waals surface area contributed by atoms with Crippen LogP contribution in [0.3, 0.4) is 0 Å². The summed E-state index contributed by atoms with van der Waals surface area (Å²) < 4.78 is 5.20. The Morgan fingerprint density at radius 1 is 1.07 bits per heavy atom. The van der Waals surface area contributed by atoms with Crippen molar-refractivity contribution in [3.05, 3.63) is 71.1 Å². The van der Waals surface area contributed by atoms with Gasteiger partial charge in [-0.15, -0.1) is 11.3 Å². The van der Waals surface area contributed by atoms with E-state index in [1.165, 1.54) is 11.3 Å². The molecule has 2 aromatic carbocycles. The van der Waals surface area contributed by atoms with Crippen molar-refractivity contribution in [3.63, 3.8) is 0 Å². The number of ether oxygens (including phenoxy) is 1. The van der Waals surface area contributed by atoms with Crippen LogP contribution < -0.4 is 15.0 Å². The Kier molecular flexibility index (Phi) is 5.12. The summed E-state index contributed by atoms with van der Waals surface area (Å²) in [4.78, 5) is 20.5. The molecule has 0 spiro atoms. The highest BCUT2D eigenvalue weighted by molar-refractivity contribution is 7.16. The van der Waals surface area contributed by atoms with Crippen LogP contribution >= 0.6 is 11.3 Å². The molecule has 1 amide bonds. The zero-order valence-corrected chi connectivity index (χ0v) is 16.6. The monoisotopic (exact) mass is 391 g/mol. The zero-order chi connectivity index (χ0) is 19.5. The number of carbonyl (C=O) groups is 1. The lowest BCUT2D eigenvalue weighted by Crippen LogP contribution is -2.18. The number of nitrogens with one attached hydrogen (secondary N) is 1. The first-order chi connectivity index (χ1) is 13.6. The standard InChI is InChI=1S/C22H21N3O2S/c1-15-20(16-7-11-19(27-2)12-8-16)23-22(28-15)24-21(26)17-5-9-18(10-6-17)25-13-3-4-14-25/h3-12H,13-14H2,1-2H3,(H,23,24,26). The number of amides is 1. The minimum Gasteiger partial charge on any atom is -0.497 e. The summed E-state index contributed by atoms with van der Waals surface area (Å²) in [6, 6.07) is 15.4. The molecule has 2 heterocycles. The van der Waals surface area contributed by atoms with Crippen LogP contribution in [0.2, 0.25) is 0 Å². The maximum Gasteiger partial charge on any atom is 0.257 e. The van der Waals surface area contributed by atoms with Crippen molar-refractivity contribution in [2.45, 2.75) is 6.92 Å². The van der Waals surface area contributed by atoms with Crippen LogP contribution in [0.5, 0.6) is 5.75 Å². The molecule has 1 N–H and O–H groups in total. The van der Waals surface area contributed by atoms with Gasteiger partial charge in [0.15, 0.2) is 5.13 Å². The van der Waals surface area contributed by atoms with Crippen molar-refractivity contribution in [1.29, 1.82) is 0 Å². The van der Waals surface area contributed by atoms with E-state index in [0.717, 1.165) is 40.7 Å².